The van der Waals surface area contributed by atoms with Gasteiger partial charge in [0.1, 0.15) is 22.7 Å². The van der Waals surface area contributed by atoms with E-state index in [1.807, 2.05) is 0 Å². The molecule has 0 fully saturated rings. The molecule has 0 bridgehead atoms. The number of aliphatic hydroxyl groups is 1. The fourth-order valence-corrected chi connectivity index (χ4v) is 3.78. The van der Waals surface area contributed by atoms with Crippen LogP contribution in [-0.2, 0) is 24.5 Å². The molecule has 2 N–H and O–H groups in total. The summed E-state index contributed by atoms with van der Waals surface area (Å²) in [6, 6.07) is 2.58. The third-order valence-corrected chi connectivity index (χ3v) is 5.98. The molecule has 15 heteroatoms. The Morgan fingerprint density at radius 3 is 2.46 bits per heavy atom. The van der Waals surface area contributed by atoms with Crippen molar-refractivity contribution in [1.82, 2.24) is 19.9 Å². The molecule has 2 heterocycles. The minimum atomic E-state index is -5.37. The van der Waals surface area contributed by atoms with E-state index >= 15 is 0 Å². The topological polar surface area (TPSA) is 116 Å². The lowest BCUT2D eigenvalue weighted by Gasteiger charge is -2.20. The van der Waals surface area contributed by atoms with Gasteiger partial charge in [-0.3, -0.25) is 14.8 Å². The molecule has 0 unspecified atom stereocenters. The largest absolute Gasteiger partial charge is 0.491 e. The predicted octanol–water partition coefficient (Wildman–Crippen LogP) is 3.55. The molecule has 0 aliphatic heterocycles. The van der Waals surface area contributed by atoms with Crippen molar-refractivity contribution in [1.29, 1.82) is 0 Å². The number of nitrogens with zero attached hydrogens (tertiary/aromatic N) is 3. The van der Waals surface area contributed by atoms with E-state index in [9.17, 15) is 31.5 Å². The highest BCUT2D eigenvalue weighted by molar-refractivity contribution is 9.10. The summed E-state index contributed by atoms with van der Waals surface area (Å²) in [6.07, 6.45) is -2.00. The minimum absolute atomic E-state index is 0.0362. The quantitative estimate of drug-likeness (QED) is 0.190. The summed E-state index contributed by atoms with van der Waals surface area (Å²) in [4.78, 5) is 33.2. The Kier molecular flexibility index (Phi) is 10.1. The van der Waals surface area contributed by atoms with Gasteiger partial charge in [0.2, 0.25) is 0 Å². The van der Waals surface area contributed by atoms with E-state index in [1.165, 1.54) is 19.3 Å². The van der Waals surface area contributed by atoms with Crippen molar-refractivity contribution in [2.75, 3.05) is 13.2 Å². The van der Waals surface area contributed by atoms with Gasteiger partial charge in [0, 0.05) is 24.8 Å². The van der Waals surface area contributed by atoms with Gasteiger partial charge in [0.25, 0.3) is 5.56 Å². The van der Waals surface area contributed by atoms with Gasteiger partial charge in [-0.2, -0.15) is 13.2 Å². The Morgan fingerprint density at radius 1 is 1.15 bits per heavy atom. The average Bonchev–Trinajstić information content (AvgIpc) is 2.88. The number of nitrogens with one attached hydrogen (secondary N) is 1. The molecule has 0 radical (unpaired) electrons. The highest BCUT2D eigenvalue weighted by atomic mass is 79.9. The zero-order valence-electron chi connectivity index (χ0n) is 20.3. The molecule has 0 aliphatic carbocycles. The van der Waals surface area contributed by atoms with Crippen LogP contribution < -0.4 is 20.3 Å². The summed E-state index contributed by atoms with van der Waals surface area (Å²) in [6.45, 7) is 1.32. The Hall–Kier alpha value is -3.43. The van der Waals surface area contributed by atoms with Crippen molar-refractivity contribution >= 4 is 21.9 Å². The molecule has 0 saturated carbocycles. The molecule has 9 nitrogen and oxygen atoms in total. The third-order valence-electron chi connectivity index (χ3n) is 5.28. The predicted molar refractivity (Wildman–Crippen MR) is 130 cm³/mol. The summed E-state index contributed by atoms with van der Waals surface area (Å²) in [5.41, 5.74) is -0.323. The SMILES string of the molecule is Cc1c(OC(=O)C(F)(F)F)c(OCc2ccc(F)cc2F)c(Br)c(=O)n1Cc1cnc(CNCCCO)cn1. The lowest BCUT2D eigenvalue weighted by molar-refractivity contribution is -0.189. The number of alkyl halides is 3. The molecule has 3 aromatic rings. The number of hydrogen-bond donors (Lipinski definition) is 2. The first kappa shape index (κ1) is 30.1. The van der Waals surface area contributed by atoms with Crippen LogP contribution in [0.3, 0.4) is 0 Å². The maximum absolute atomic E-state index is 14.1. The maximum atomic E-state index is 14.1. The highest BCUT2D eigenvalue weighted by Crippen LogP contribution is 2.38. The number of carbonyl (C=O) groups is 1. The van der Waals surface area contributed by atoms with Crippen molar-refractivity contribution in [3.63, 3.8) is 0 Å². The average molecular weight is 621 g/mol. The van der Waals surface area contributed by atoms with E-state index in [-0.39, 0.29) is 30.1 Å². The van der Waals surface area contributed by atoms with Crippen molar-refractivity contribution in [3.8, 4) is 11.5 Å². The van der Waals surface area contributed by atoms with Gasteiger partial charge >= 0.3 is 12.1 Å². The molecular formula is C24H22BrF5N4O5. The van der Waals surface area contributed by atoms with Crippen LogP contribution in [0.2, 0.25) is 0 Å². The number of hydrogen-bond acceptors (Lipinski definition) is 8. The number of halogens is 6. The van der Waals surface area contributed by atoms with Gasteiger partial charge < -0.3 is 24.5 Å². The molecule has 2 aromatic heterocycles. The van der Waals surface area contributed by atoms with E-state index in [1.54, 1.807) is 0 Å². The van der Waals surface area contributed by atoms with Crippen molar-refractivity contribution in [2.45, 2.75) is 39.2 Å². The van der Waals surface area contributed by atoms with Gasteiger partial charge in [-0.15, -0.1) is 0 Å². The van der Waals surface area contributed by atoms with E-state index in [4.69, 9.17) is 9.84 Å². The number of aliphatic hydroxyl groups excluding tert-OH is 1. The summed E-state index contributed by atoms with van der Waals surface area (Å²) in [7, 11) is 0. The minimum Gasteiger partial charge on any atom is -0.483 e. The zero-order valence-corrected chi connectivity index (χ0v) is 21.9. The molecule has 39 heavy (non-hydrogen) atoms. The zero-order chi connectivity index (χ0) is 28.7. The number of aromatic nitrogens is 3. The lowest BCUT2D eigenvalue weighted by Crippen LogP contribution is -2.31. The highest BCUT2D eigenvalue weighted by Gasteiger charge is 2.42. The number of benzene rings is 1. The summed E-state index contributed by atoms with van der Waals surface area (Å²) in [5, 5.41) is 11.9. The molecule has 3 rings (SSSR count). The van der Waals surface area contributed by atoms with E-state index in [0.717, 1.165) is 16.7 Å². The van der Waals surface area contributed by atoms with Crippen molar-refractivity contribution in [3.05, 3.63) is 79.7 Å². The van der Waals surface area contributed by atoms with Crippen LogP contribution in [-0.4, -0.2) is 44.9 Å². The first-order valence-electron chi connectivity index (χ1n) is 11.3. The number of ether oxygens (including phenoxy) is 2. The van der Waals surface area contributed by atoms with Gasteiger partial charge in [-0.1, -0.05) is 0 Å². The van der Waals surface area contributed by atoms with Crippen LogP contribution in [0.1, 0.15) is 29.1 Å². The molecule has 0 aliphatic rings. The summed E-state index contributed by atoms with van der Waals surface area (Å²) >= 11 is 2.98. The lowest BCUT2D eigenvalue weighted by atomic mass is 10.2. The Labute approximate surface area is 226 Å². The van der Waals surface area contributed by atoms with E-state index in [2.05, 4.69) is 36.0 Å². The Balaban J connectivity index is 1.95. The Morgan fingerprint density at radius 2 is 1.85 bits per heavy atom. The standard InChI is InChI=1S/C24H22BrF5N4O5/c1-13-20(39-23(37)24(28,29)30)21(38-12-14-3-4-15(26)7-18(14)27)19(25)22(36)34(13)11-17-10-32-16(9-33-17)8-31-5-2-6-35/h3-4,7,9-10,31,35H,2,5-6,8,11-12H2,1H3. The van der Waals surface area contributed by atoms with Crippen LogP contribution in [0.4, 0.5) is 22.0 Å². The third kappa shape index (κ3) is 7.80. The second-order valence-electron chi connectivity index (χ2n) is 8.11. The van der Waals surface area contributed by atoms with Gasteiger partial charge in [0.05, 0.1) is 36.0 Å². The maximum Gasteiger partial charge on any atom is 0.491 e. The first-order chi connectivity index (χ1) is 18.4. The summed E-state index contributed by atoms with van der Waals surface area (Å²) in [5.74, 6) is -5.73. The van der Waals surface area contributed by atoms with Crippen LogP contribution in [0.5, 0.6) is 11.5 Å². The van der Waals surface area contributed by atoms with Crippen LogP contribution in [0.25, 0.3) is 0 Å². The fourth-order valence-electron chi connectivity index (χ4n) is 3.27. The number of pyridine rings is 1. The molecule has 0 atom stereocenters. The fraction of sp³-hybridized carbons (Fsp3) is 0.333. The van der Waals surface area contributed by atoms with Gasteiger partial charge in [0.15, 0.2) is 11.5 Å². The smallest absolute Gasteiger partial charge is 0.483 e. The molecule has 0 spiro atoms. The van der Waals surface area contributed by atoms with Crippen LogP contribution in [0.15, 0.2) is 39.9 Å². The number of esters is 1. The molecule has 210 valence electrons. The Bertz CT molecular complexity index is 1380. The van der Waals surface area contributed by atoms with Crippen LogP contribution >= 0.6 is 15.9 Å². The molecule has 1 aromatic carbocycles. The monoisotopic (exact) mass is 620 g/mol. The van der Waals surface area contributed by atoms with E-state index < -0.39 is 51.9 Å². The summed E-state index contributed by atoms with van der Waals surface area (Å²) < 4.78 is 76.9. The van der Waals surface area contributed by atoms with Crippen molar-refractivity contribution in [2.24, 2.45) is 0 Å². The van der Waals surface area contributed by atoms with Crippen molar-refractivity contribution < 1.29 is 41.3 Å². The van der Waals surface area contributed by atoms with E-state index in [0.29, 0.717) is 31.3 Å². The number of rotatable bonds is 11. The second kappa shape index (κ2) is 13.1. The van der Waals surface area contributed by atoms with Gasteiger partial charge in [-0.25, -0.2) is 13.6 Å². The molecule has 0 saturated heterocycles. The second-order valence-corrected chi connectivity index (χ2v) is 8.91. The number of carbonyl (C=O) groups excluding carboxylic acids is 1. The van der Waals surface area contributed by atoms with Crippen LogP contribution in [0, 0.1) is 18.6 Å². The molecule has 0 amide bonds. The van der Waals surface area contributed by atoms with Gasteiger partial charge in [-0.05, 0) is 48.0 Å². The first-order valence-corrected chi connectivity index (χ1v) is 12.1. The molecular weight excluding hydrogens is 599 g/mol. The normalized spacial score (nSPS) is 11.5.